The van der Waals surface area contributed by atoms with E-state index in [1.165, 1.54) is 25.7 Å². The van der Waals surface area contributed by atoms with Crippen LogP contribution in [0.5, 0.6) is 0 Å². The molecule has 0 bridgehead atoms. The molecule has 2 fully saturated rings. The van der Waals surface area contributed by atoms with E-state index in [4.69, 9.17) is 0 Å². The molecule has 98 valence electrons. The molecule has 1 aliphatic heterocycles. The van der Waals surface area contributed by atoms with E-state index in [1.54, 1.807) is 0 Å². The van der Waals surface area contributed by atoms with Crippen molar-refractivity contribution in [1.29, 1.82) is 0 Å². The van der Waals surface area contributed by atoms with Gasteiger partial charge in [0.1, 0.15) is 0 Å². The van der Waals surface area contributed by atoms with E-state index in [0.717, 1.165) is 25.9 Å². The fourth-order valence-electron chi connectivity index (χ4n) is 2.55. The lowest BCUT2D eigenvalue weighted by Gasteiger charge is -2.26. The van der Waals surface area contributed by atoms with Gasteiger partial charge in [0.05, 0.1) is 0 Å². The Labute approximate surface area is 105 Å². The molecule has 0 radical (unpaired) electrons. The molecule has 1 amide bonds. The third-order valence-corrected chi connectivity index (χ3v) is 3.82. The monoisotopic (exact) mass is 238 g/mol. The van der Waals surface area contributed by atoms with Crippen LogP contribution in [0, 0.1) is 5.92 Å². The molecule has 3 heteroatoms. The van der Waals surface area contributed by atoms with Gasteiger partial charge in [-0.05, 0) is 44.6 Å². The van der Waals surface area contributed by atoms with Crippen LogP contribution in [0.4, 0.5) is 0 Å². The predicted molar refractivity (Wildman–Crippen MR) is 69.8 cm³/mol. The van der Waals surface area contributed by atoms with Crippen molar-refractivity contribution in [2.75, 3.05) is 13.1 Å². The lowest BCUT2D eigenvalue weighted by atomic mass is 10.1. The molecule has 3 nitrogen and oxygen atoms in total. The lowest BCUT2D eigenvalue weighted by molar-refractivity contribution is -0.132. The van der Waals surface area contributed by atoms with Gasteiger partial charge in [-0.3, -0.25) is 4.79 Å². The van der Waals surface area contributed by atoms with Crippen molar-refractivity contribution in [1.82, 2.24) is 10.2 Å². The predicted octanol–water partition coefficient (Wildman–Crippen LogP) is 2.17. The minimum absolute atomic E-state index is 0.384. The van der Waals surface area contributed by atoms with E-state index in [-0.39, 0.29) is 0 Å². The van der Waals surface area contributed by atoms with Crippen molar-refractivity contribution in [2.45, 2.75) is 64.5 Å². The van der Waals surface area contributed by atoms with Gasteiger partial charge < -0.3 is 10.2 Å². The lowest BCUT2D eigenvalue weighted by Crippen LogP contribution is -2.42. The van der Waals surface area contributed by atoms with Crippen LogP contribution in [0.15, 0.2) is 0 Å². The van der Waals surface area contributed by atoms with E-state index >= 15 is 0 Å². The molecule has 0 aromatic rings. The molecular weight excluding hydrogens is 212 g/mol. The highest BCUT2D eigenvalue weighted by atomic mass is 16.2. The van der Waals surface area contributed by atoms with Crippen LogP contribution in [0.3, 0.4) is 0 Å². The summed E-state index contributed by atoms with van der Waals surface area (Å²) in [7, 11) is 0. The highest BCUT2D eigenvalue weighted by Gasteiger charge is 2.34. The second-order valence-electron chi connectivity index (χ2n) is 6.00. The Morgan fingerprint density at radius 2 is 2.12 bits per heavy atom. The fraction of sp³-hybridized carbons (Fsp3) is 0.929. The first-order valence-electron chi connectivity index (χ1n) is 7.19. The van der Waals surface area contributed by atoms with Gasteiger partial charge in [-0.2, -0.15) is 0 Å². The summed E-state index contributed by atoms with van der Waals surface area (Å²) in [5.41, 5.74) is 0. The van der Waals surface area contributed by atoms with Crippen molar-refractivity contribution >= 4 is 5.91 Å². The standard InChI is InChI=1S/C14H26N2O/c1-11(2)5-8-14(17)16(13-6-7-13)10-12-4-3-9-15-12/h11-13,15H,3-10H2,1-2H3. The summed E-state index contributed by atoms with van der Waals surface area (Å²) in [5.74, 6) is 1.01. The van der Waals surface area contributed by atoms with Gasteiger partial charge in [0.2, 0.25) is 5.91 Å². The van der Waals surface area contributed by atoms with E-state index in [0.29, 0.717) is 23.9 Å². The highest BCUT2D eigenvalue weighted by molar-refractivity contribution is 5.76. The quantitative estimate of drug-likeness (QED) is 0.769. The Balaban J connectivity index is 1.80. The summed E-state index contributed by atoms with van der Waals surface area (Å²) < 4.78 is 0. The third-order valence-electron chi connectivity index (χ3n) is 3.82. The fourth-order valence-corrected chi connectivity index (χ4v) is 2.55. The number of nitrogens with zero attached hydrogens (tertiary/aromatic N) is 1. The summed E-state index contributed by atoms with van der Waals surface area (Å²) in [6, 6.07) is 1.12. The molecule has 1 aliphatic carbocycles. The average Bonchev–Trinajstić information content (AvgIpc) is 3.00. The van der Waals surface area contributed by atoms with Gasteiger partial charge in [0, 0.05) is 25.0 Å². The van der Waals surface area contributed by atoms with Gasteiger partial charge >= 0.3 is 0 Å². The van der Waals surface area contributed by atoms with Gasteiger partial charge in [-0.1, -0.05) is 13.8 Å². The summed E-state index contributed by atoms with van der Waals surface area (Å²) in [4.78, 5) is 14.4. The van der Waals surface area contributed by atoms with Crippen LogP contribution in [-0.2, 0) is 4.79 Å². The minimum Gasteiger partial charge on any atom is -0.338 e. The van der Waals surface area contributed by atoms with Crippen LogP contribution >= 0.6 is 0 Å². The third kappa shape index (κ3) is 3.98. The SMILES string of the molecule is CC(C)CCC(=O)N(CC1CCCN1)C1CC1. The zero-order valence-electron chi connectivity index (χ0n) is 11.2. The first kappa shape index (κ1) is 12.9. The Kier molecular flexibility index (Phi) is 4.43. The van der Waals surface area contributed by atoms with Crippen molar-refractivity contribution in [3.8, 4) is 0 Å². The molecule has 1 saturated carbocycles. The Morgan fingerprint density at radius 3 is 2.65 bits per heavy atom. The van der Waals surface area contributed by atoms with Gasteiger partial charge in [-0.25, -0.2) is 0 Å². The van der Waals surface area contributed by atoms with Crippen LogP contribution in [0.2, 0.25) is 0 Å². The van der Waals surface area contributed by atoms with Gasteiger partial charge in [0.25, 0.3) is 0 Å². The maximum atomic E-state index is 12.2. The molecule has 0 spiro atoms. The average molecular weight is 238 g/mol. The molecule has 1 unspecified atom stereocenters. The number of hydrogen-bond acceptors (Lipinski definition) is 2. The maximum Gasteiger partial charge on any atom is 0.222 e. The topological polar surface area (TPSA) is 32.3 Å². The molecule has 0 aromatic carbocycles. The van der Waals surface area contributed by atoms with Gasteiger partial charge in [0.15, 0.2) is 0 Å². The molecule has 17 heavy (non-hydrogen) atoms. The molecule has 2 aliphatic rings. The van der Waals surface area contributed by atoms with Crippen molar-refractivity contribution in [3.63, 3.8) is 0 Å². The highest BCUT2D eigenvalue weighted by Crippen LogP contribution is 2.28. The minimum atomic E-state index is 0.384. The van der Waals surface area contributed by atoms with Crippen LogP contribution in [0.1, 0.15) is 52.4 Å². The van der Waals surface area contributed by atoms with Crippen molar-refractivity contribution < 1.29 is 4.79 Å². The Bertz CT molecular complexity index is 255. The van der Waals surface area contributed by atoms with E-state index in [2.05, 4.69) is 24.1 Å². The summed E-state index contributed by atoms with van der Waals surface area (Å²) in [6.45, 7) is 6.45. The Hall–Kier alpha value is -0.570. The number of nitrogens with one attached hydrogen (secondary N) is 1. The van der Waals surface area contributed by atoms with Crippen LogP contribution in [0.25, 0.3) is 0 Å². The molecule has 1 atom stereocenters. The first-order chi connectivity index (χ1) is 8.16. The molecule has 1 N–H and O–H groups in total. The second-order valence-corrected chi connectivity index (χ2v) is 6.00. The van der Waals surface area contributed by atoms with Crippen molar-refractivity contribution in [3.05, 3.63) is 0 Å². The number of carbonyl (C=O) groups is 1. The number of rotatable bonds is 6. The van der Waals surface area contributed by atoms with E-state index < -0.39 is 0 Å². The van der Waals surface area contributed by atoms with Crippen LogP contribution < -0.4 is 5.32 Å². The largest absolute Gasteiger partial charge is 0.338 e. The molecule has 1 saturated heterocycles. The summed E-state index contributed by atoms with van der Waals surface area (Å²) in [6.07, 6.45) is 6.71. The molecular formula is C14H26N2O. The number of carbonyl (C=O) groups excluding carboxylic acids is 1. The first-order valence-corrected chi connectivity index (χ1v) is 7.19. The van der Waals surface area contributed by atoms with Crippen LogP contribution in [-0.4, -0.2) is 36.0 Å². The van der Waals surface area contributed by atoms with E-state index in [9.17, 15) is 4.79 Å². The molecule has 1 heterocycles. The zero-order valence-corrected chi connectivity index (χ0v) is 11.2. The number of hydrogen-bond donors (Lipinski definition) is 1. The summed E-state index contributed by atoms with van der Waals surface area (Å²) in [5, 5.41) is 3.50. The number of amides is 1. The maximum absolute atomic E-state index is 12.2. The normalized spacial score (nSPS) is 24.3. The second kappa shape index (κ2) is 5.85. The molecule has 0 aromatic heterocycles. The zero-order chi connectivity index (χ0) is 12.3. The smallest absolute Gasteiger partial charge is 0.222 e. The van der Waals surface area contributed by atoms with Crippen molar-refractivity contribution in [2.24, 2.45) is 5.92 Å². The Morgan fingerprint density at radius 1 is 1.35 bits per heavy atom. The summed E-state index contributed by atoms with van der Waals surface area (Å²) >= 11 is 0. The molecule has 2 rings (SSSR count). The van der Waals surface area contributed by atoms with E-state index in [1.807, 2.05) is 0 Å². The van der Waals surface area contributed by atoms with Gasteiger partial charge in [-0.15, -0.1) is 0 Å².